The Bertz CT molecular complexity index is 876. The van der Waals surface area contributed by atoms with Crippen molar-refractivity contribution < 1.29 is 4.79 Å². The summed E-state index contributed by atoms with van der Waals surface area (Å²) < 4.78 is 1.12. The van der Waals surface area contributed by atoms with Crippen molar-refractivity contribution >= 4 is 45.9 Å². The van der Waals surface area contributed by atoms with Gasteiger partial charge in [-0.15, -0.1) is 0 Å². The molecule has 2 atom stereocenters. The lowest BCUT2D eigenvalue weighted by Gasteiger charge is -2.22. The normalized spacial score (nSPS) is 16.9. The zero-order valence-electron chi connectivity index (χ0n) is 15.5. The summed E-state index contributed by atoms with van der Waals surface area (Å²) in [6, 6.07) is 12.0. The molecular weight excluding hydrogens is 469 g/mol. The number of nitrogens with one attached hydrogen (secondary N) is 1. The molecule has 0 radical (unpaired) electrons. The highest BCUT2D eigenvalue weighted by molar-refractivity contribution is 14.1. The third kappa shape index (κ3) is 5.02. The van der Waals surface area contributed by atoms with Crippen molar-refractivity contribution in [3.8, 4) is 6.07 Å². The number of benzene rings is 1. The zero-order chi connectivity index (χ0) is 19.4. The smallest absolute Gasteiger partial charge is 0.237 e. The Morgan fingerprint density at radius 3 is 2.85 bits per heavy atom. The molecule has 1 N–H and O–H groups in total. The molecule has 1 amide bonds. The number of nitriles is 1. The molecule has 0 saturated heterocycles. The second-order valence-corrected chi connectivity index (χ2v) is 9.35. The minimum absolute atomic E-state index is 0.0549. The topological polar surface area (TPSA) is 65.8 Å². The van der Waals surface area contributed by atoms with Crippen molar-refractivity contribution in [1.29, 1.82) is 5.26 Å². The minimum atomic E-state index is -0.288. The van der Waals surface area contributed by atoms with Gasteiger partial charge in [-0.25, -0.2) is 4.98 Å². The summed E-state index contributed by atoms with van der Waals surface area (Å²) in [6.45, 7) is 4.22. The zero-order valence-corrected chi connectivity index (χ0v) is 18.4. The molecule has 1 heterocycles. The summed E-state index contributed by atoms with van der Waals surface area (Å²) >= 11 is 3.63. The Labute approximate surface area is 178 Å². The largest absolute Gasteiger partial charge is 0.325 e. The first kappa shape index (κ1) is 20.2. The van der Waals surface area contributed by atoms with Crippen LogP contribution in [-0.2, 0) is 17.6 Å². The number of pyridine rings is 1. The van der Waals surface area contributed by atoms with Gasteiger partial charge in [-0.3, -0.25) is 4.79 Å². The van der Waals surface area contributed by atoms with Crippen LogP contribution in [0.1, 0.15) is 43.5 Å². The Hall–Kier alpha value is -1.59. The molecule has 1 aliphatic carbocycles. The van der Waals surface area contributed by atoms with Crippen molar-refractivity contribution in [1.82, 2.24) is 4.98 Å². The van der Waals surface area contributed by atoms with Gasteiger partial charge in [0.1, 0.15) is 11.1 Å². The molecule has 1 aromatic carbocycles. The van der Waals surface area contributed by atoms with Crippen LogP contribution in [0, 0.1) is 20.8 Å². The molecular formula is C21H22IN3OS. The minimum Gasteiger partial charge on any atom is -0.325 e. The summed E-state index contributed by atoms with van der Waals surface area (Å²) in [5, 5.41) is 12.9. The standard InChI is InChI=1S/C21H22IN3OS/c1-3-19(20(26)24-17-7-5-16(22)6-8-17)27-21-15(12-23)11-14-10-13(2)4-9-18(14)25-21/h5-8,11,13,19H,3-4,9-10H2,1-2H3,(H,24,26). The molecule has 2 aromatic rings. The van der Waals surface area contributed by atoms with Crippen molar-refractivity contribution in [3.63, 3.8) is 0 Å². The second-order valence-electron chi connectivity index (χ2n) is 6.92. The molecule has 0 bridgehead atoms. The van der Waals surface area contributed by atoms with E-state index in [2.05, 4.69) is 40.9 Å². The maximum atomic E-state index is 12.7. The summed E-state index contributed by atoms with van der Waals surface area (Å²) in [4.78, 5) is 17.5. The Morgan fingerprint density at radius 1 is 1.44 bits per heavy atom. The van der Waals surface area contributed by atoms with Crippen molar-refractivity contribution in [2.75, 3.05) is 5.32 Å². The lowest BCUT2D eigenvalue weighted by molar-refractivity contribution is -0.115. The van der Waals surface area contributed by atoms with Gasteiger partial charge in [0.05, 0.1) is 10.8 Å². The Kier molecular flexibility index (Phi) is 6.77. The highest BCUT2D eigenvalue weighted by atomic mass is 127. The van der Waals surface area contributed by atoms with Crippen LogP contribution >= 0.6 is 34.4 Å². The number of hydrogen-bond acceptors (Lipinski definition) is 4. The van der Waals surface area contributed by atoms with E-state index < -0.39 is 0 Å². The van der Waals surface area contributed by atoms with Gasteiger partial charge in [0.25, 0.3) is 0 Å². The van der Waals surface area contributed by atoms with E-state index in [1.165, 1.54) is 17.3 Å². The van der Waals surface area contributed by atoms with Gasteiger partial charge >= 0.3 is 0 Å². The predicted octanol–water partition coefficient (Wildman–Crippen LogP) is 5.19. The number of carbonyl (C=O) groups excluding carboxylic acids is 1. The fourth-order valence-corrected chi connectivity index (χ4v) is 4.57. The van der Waals surface area contributed by atoms with E-state index in [1.54, 1.807) is 0 Å². The Morgan fingerprint density at radius 2 is 2.19 bits per heavy atom. The van der Waals surface area contributed by atoms with Crippen LogP contribution in [0.3, 0.4) is 0 Å². The second kappa shape index (κ2) is 9.07. The SMILES string of the molecule is CCC(Sc1nc2c(cc1C#N)CC(C)CC2)C(=O)Nc1ccc(I)cc1. The van der Waals surface area contributed by atoms with Gasteiger partial charge < -0.3 is 5.32 Å². The number of hydrogen-bond donors (Lipinski definition) is 1. The highest BCUT2D eigenvalue weighted by Crippen LogP contribution is 2.32. The van der Waals surface area contributed by atoms with E-state index in [1.807, 2.05) is 37.3 Å². The van der Waals surface area contributed by atoms with E-state index in [4.69, 9.17) is 4.98 Å². The molecule has 1 aromatic heterocycles. The lowest BCUT2D eigenvalue weighted by atomic mass is 9.87. The van der Waals surface area contributed by atoms with Gasteiger partial charge in [0, 0.05) is 15.0 Å². The van der Waals surface area contributed by atoms with Gasteiger partial charge in [0.15, 0.2) is 0 Å². The number of amides is 1. The maximum absolute atomic E-state index is 12.7. The number of fused-ring (bicyclic) bond motifs is 1. The molecule has 2 unspecified atom stereocenters. The number of aromatic nitrogens is 1. The molecule has 1 aliphatic rings. The van der Waals surface area contributed by atoms with Crippen molar-refractivity contribution in [2.45, 2.75) is 49.8 Å². The van der Waals surface area contributed by atoms with Crippen LogP contribution in [-0.4, -0.2) is 16.1 Å². The molecule has 27 heavy (non-hydrogen) atoms. The highest BCUT2D eigenvalue weighted by Gasteiger charge is 2.24. The average molecular weight is 491 g/mol. The third-order valence-electron chi connectivity index (χ3n) is 4.75. The van der Waals surface area contributed by atoms with E-state index in [9.17, 15) is 10.1 Å². The quantitative estimate of drug-likeness (QED) is 0.462. The average Bonchev–Trinajstić information content (AvgIpc) is 2.67. The number of rotatable bonds is 5. The van der Waals surface area contributed by atoms with Crippen molar-refractivity contribution in [3.05, 3.63) is 50.7 Å². The van der Waals surface area contributed by atoms with Gasteiger partial charge in [-0.05, 0) is 90.1 Å². The lowest BCUT2D eigenvalue weighted by Crippen LogP contribution is -2.25. The number of halogens is 1. The molecule has 0 saturated carbocycles. The number of carbonyl (C=O) groups is 1. The third-order valence-corrected chi connectivity index (χ3v) is 6.83. The van der Waals surface area contributed by atoms with Crippen LogP contribution in [0.4, 0.5) is 5.69 Å². The van der Waals surface area contributed by atoms with Gasteiger partial charge in [-0.2, -0.15) is 5.26 Å². The first-order chi connectivity index (χ1) is 13.0. The molecule has 6 heteroatoms. The summed E-state index contributed by atoms with van der Waals surface area (Å²) in [7, 11) is 0. The van der Waals surface area contributed by atoms with Crippen LogP contribution in [0.15, 0.2) is 35.4 Å². The fraction of sp³-hybridized carbons (Fsp3) is 0.381. The van der Waals surface area contributed by atoms with Crippen LogP contribution in [0.25, 0.3) is 0 Å². The number of nitrogens with zero attached hydrogens (tertiary/aromatic N) is 2. The first-order valence-corrected chi connectivity index (χ1v) is 11.1. The predicted molar refractivity (Wildman–Crippen MR) is 118 cm³/mol. The van der Waals surface area contributed by atoms with Crippen LogP contribution in [0.2, 0.25) is 0 Å². The van der Waals surface area contributed by atoms with E-state index in [0.29, 0.717) is 22.9 Å². The van der Waals surface area contributed by atoms with E-state index in [-0.39, 0.29) is 11.2 Å². The molecule has 4 nitrogen and oxygen atoms in total. The number of anilines is 1. The number of aryl methyl sites for hydroxylation is 1. The molecule has 140 valence electrons. The van der Waals surface area contributed by atoms with Crippen LogP contribution in [0.5, 0.6) is 0 Å². The summed E-state index contributed by atoms with van der Waals surface area (Å²) in [6.07, 6.45) is 3.72. The Balaban J connectivity index is 1.78. The van der Waals surface area contributed by atoms with Crippen molar-refractivity contribution in [2.24, 2.45) is 5.92 Å². The monoisotopic (exact) mass is 491 g/mol. The fourth-order valence-electron chi connectivity index (χ4n) is 3.21. The molecule has 3 rings (SSSR count). The first-order valence-electron chi connectivity index (χ1n) is 9.16. The van der Waals surface area contributed by atoms with Gasteiger partial charge in [-0.1, -0.05) is 25.6 Å². The molecule has 0 fully saturated rings. The summed E-state index contributed by atoms with van der Waals surface area (Å²) in [5.74, 6) is 0.577. The van der Waals surface area contributed by atoms with E-state index in [0.717, 1.165) is 34.2 Å². The summed E-state index contributed by atoms with van der Waals surface area (Å²) in [5.41, 5.74) is 3.63. The molecule has 0 spiro atoms. The van der Waals surface area contributed by atoms with E-state index >= 15 is 0 Å². The maximum Gasteiger partial charge on any atom is 0.237 e. The van der Waals surface area contributed by atoms with Crippen LogP contribution < -0.4 is 5.32 Å². The number of thioether (sulfide) groups is 1. The molecule has 0 aliphatic heterocycles. The van der Waals surface area contributed by atoms with Gasteiger partial charge in [0.2, 0.25) is 5.91 Å².